The van der Waals surface area contributed by atoms with Crippen molar-refractivity contribution in [3.8, 4) is 5.75 Å². The van der Waals surface area contributed by atoms with Crippen molar-refractivity contribution in [2.24, 2.45) is 0 Å². The van der Waals surface area contributed by atoms with E-state index in [-0.39, 0.29) is 33.9 Å². The molecule has 1 aliphatic rings. The monoisotopic (exact) mass is 425 g/mol. The largest absolute Gasteiger partial charge is 0.435 e. The normalized spacial score (nSPS) is 14.2. The fraction of sp³-hybridized carbons (Fsp3) is 0.333. The number of rotatable bonds is 6. The average Bonchev–Trinajstić information content (AvgIpc) is 3.18. The van der Waals surface area contributed by atoms with E-state index < -0.39 is 11.5 Å². The van der Waals surface area contributed by atoms with Crippen LogP contribution < -0.4 is 4.74 Å². The molecular weight excluding hydrogens is 408 g/mol. The fourth-order valence-electron chi connectivity index (χ4n) is 2.97. The van der Waals surface area contributed by atoms with Crippen LogP contribution in [0.5, 0.6) is 5.75 Å². The van der Waals surface area contributed by atoms with Gasteiger partial charge in [0.1, 0.15) is 5.75 Å². The van der Waals surface area contributed by atoms with Crippen molar-refractivity contribution in [3.05, 3.63) is 57.0 Å². The molecule has 0 atom stereocenters. The van der Waals surface area contributed by atoms with Gasteiger partial charge in [-0.2, -0.15) is 8.78 Å². The smallest absolute Gasteiger partial charge is 0.387 e. The van der Waals surface area contributed by atoms with Gasteiger partial charge >= 0.3 is 11.6 Å². The summed E-state index contributed by atoms with van der Waals surface area (Å²) in [5.41, 5.74) is 0.553. The Labute approximate surface area is 168 Å². The summed E-state index contributed by atoms with van der Waals surface area (Å²) in [7, 11) is 0. The number of nitro groups is 1. The van der Waals surface area contributed by atoms with Gasteiger partial charge in [-0.05, 0) is 23.8 Å². The van der Waals surface area contributed by atoms with Crippen LogP contribution >= 0.6 is 11.3 Å². The summed E-state index contributed by atoms with van der Waals surface area (Å²) in [6, 6.07) is 8.70. The average molecular weight is 425 g/mol. The molecule has 1 aromatic heterocycles. The zero-order valence-corrected chi connectivity index (χ0v) is 15.9. The van der Waals surface area contributed by atoms with E-state index in [1.807, 2.05) is 0 Å². The van der Waals surface area contributed by atoms with Crippen LogP contribution in [0, 0.1) is 10.1 Å². The van der Waals surface area contributed by atoms with E-state index in [0.717, 1.165) is 11.3 Å². The summed E-state index contributed by atoms with van der Waals surface area (Å²) < 4.78 is 29.0. The molecule has 0 spiro atoms. The molecule has 2 heterocycles. The van der Waals surface area contributed by atoms with Crippen molar-refractivity contribution >= 4 is 28.2 Å². The van der Waals surface area contributed by atoms with Crippen molar-refractivity contribution in [2.45, 2.75) is 13.0 Å². The van der Waals surface area contributed by atoms with Crippen molar-refractivity contribution in [1.82, 2.24) is 9.80 Å². The number of nitrogens with zero attached hydrogens (tertiary/aromatic N) is 3. The maximum absolute atomic E-state index is 12.5. The van der Waals surface area contributed by atoms with Gasteiger partial charge in [-0.3, -0.25) is 19.7 Å². The van der Waals surface area contributed by atoms with Crippen LogP contribution in [-0.4, -0.2) is 59.3 Å². The van der Waals surface area contributed by atoms with E-state index in [1.54, 1.807) is 15.9 Å². The number of carbonyl (C=O) groups excluding carboxylic acids is 2. The maximum atomic E-state index is 12.5. The van der Waals surface area contributed by atoms with E-state index in [9.17, 15) is 28.5 Å². The number of halogens is 2. The predicted octanol–water partition coefficient (Wildman–Crippen LogP) is 2.78. The zero-order valence-electron chi connectivity index (χ0n) is 15.1. The van der Waals surface area contributed by atoms with Gasteiger partial charge in [0.05, 0.1) is 16.2 Å². The summed E-state index contributed by atoms with van der Waals surface area (Å²) >= 11 is 0.821. The lowest BCUT2D eigenvalue weighted by atomic mass is 10.1. The Hall–Kier alpha value is -3.08. The van der Waals surface area contributed by atoms with Crippen LogP contribution in [0.1, 0.15) is 15.2 Å². The molecule has 0 unspecified atom stereocenters. The summed E-state index contributed by atoms with van der Waals surface area (Å²) in [5.74, 6) is -0.490. The van der Waals surface area contributed by atoms with Gasteiger partial charge in [-0.15, -0.1) is 0 Å². The molecule has 0 bridgehead atoms. The lowest BCUT2D eigenvalue weighted by Crippen LogP contribution is -2.50. The number of ether oxygens (including phenoxy) is 1. The highest BCUT2D eigenvalue weighted by atomic mass is 32.1. The number of hydrogen-bond acceptors (Lipinski definition) is 6. The van der Waals surface area contributed by atoms with Crippen LogP contribution in [0.25, 0.3) is 0 Å². The highest BCUT2D eigenvalue weighted by Crippen LogP contribution is 2.25. The van der Waals surface area contributed by atoms with Gasteiger partial charge < -0.3 is 14.5 Å². The standard InChI is InChI=1S/C18H17F2N3O5S/c19-18(20)28-13-3-1-2-12(10-13)11-15(24)21-6-8-22(9-7-21)17(25)14-4-5-16(29-14)23(26)27/h1-5,10,18H,6-9,11H2. The number of alkyl halides is 2. The molecule has 154 valence electrons. The molecular formula is C18H17F2N3O5S. The number of hydrogen-bond donors (Lipinski definition) is 0. The van der Waals surface area contributed by atoms with Gasteiger partial charge in [-0.25, -0.2) is 0 Å². The zero-order chi connectivity index (χ0) is 21.0. The quantitative estimate of drug-likeness (QED) is 0.524. The molecule has 1 aliphatic heterocycles. The SMILES string of the molecule is O=C(Cc1cccc(OC(F)F)c1)N1CCN(C(=O)c2ccc([N+](=O)[O-])s2)CC1. The first-order chi connectivity index (χ1) is 13.8. The maximum Gasteiger partial charge on any atom is 0.387 e. The van der Waals surface area contributed by atoms with Crippen LogP contribution in [0.15, 0.2) is 36.4 Å². The molecule has 8 nitrogen and oxygen atoms in total. The molecule has 0 N–H and O–H groups in total. The molecule has 2 aromatic rings. The minimum Gasteiger partial charge on any atom is -0.435 e. The van der Waals surface area contributed by atoms with E-state index in [2.05, 4.69) is 4.74 Å². The molecule has 1 aromatic carbocycles. The van der Waals surface area contributed by atoms with Gasteiger partial charge in [0, 0.05) is 32.2 Å². The van der Waals surface area contributed by atoms with Crippen LogP contribution in [0.4, 0.5) is 13.8 Å². The molecule has 0 aliphatic carbocycles. The van der Waals surface area contributed by atoms with E-state index in [4.69, 9.17) is 0 Å². The van der Waals surface area contributed by atoms with Crippen LogP contribution in [0.2, 0.25) is 0 Å². The summed E-state index contributed by atoms with van der Waals surface area (Å²) in [6.07, 6.45) is 0.0332. The molecule has 3 rings (SSSR count). The van der Waals surface area contributed by atoms with E-state index in [1.165, 1.54) is 30.3 Å². The highest BCUT2D eigenvalue weighted by Gasteiger charge is 2.26. The first kappa shape index (κ1) is 20.6. The minimum absolute atomic E-state index is 0.00856. The molecule has 11 heteroatoms. The Morgan fingerprint density at radius 1 is 1.14 bits per heavy atom. The Bertz CT molecular complexity index is 912. The second-order valence-corrected chi connectivity index (χ2v) is 7.33. The fourth-order valence-corrected chi connectivity index (χ4v) is 3.76. The first-order valence-corrected chi connectivity index (χ1v) is 9.50. The first-order valence-electron chi connectivity index (χ1n) is 8.68. The minimum atomic E-state index is -2.93. The second kappa shape index (κ2) is 8.95. The molecule has 0 saturated carbocycles. The Kier molecular flexibility index (Phi) is 6.37. The third kappa shape index (κ3) is 5.25. The summed E-state index contributed by atoms with van der Waals surface area (Å²) in [4.78, 5) is 38.6. The molecule has 1 fully saturated rings. The number of amides is 2. The van der Waals surface area contributed by atoms with E-state index in [0.29, 0.717) is 31.7 Å². The molecule has 1 saturated heterocycles. The number of carbonyl (C=O) groups is 2. The van der Waals surface area contributed by atoms with Crippen LogP contribution in [-0.2, 0) is 11.2 Å². The van der Waals surface area contributed by atoms with Crippen LogP contribution in [0.3, 0.4) is 0 Å². The topological polar surface area (TPSA) is 93.0 Å². The lowest BCUT2D eigenvalue weighted by Gasteiger charge is -2.34. The van der Waals surface area contributed by atoms with Gasteiger partial charge in [0.2, 0.25) is 5.91 Å². The predicted molar refractivity (Wildman–Crippen MR) is 100 cm³/mol. The molecule has 2 amide bonds. The van der Waals surface area contributed by atoms with Gasteiger partial charge in [-0.1, -0.05) is 23.5 Å². The summed E-state index contributed by atoms with van der Waals surface area (Å²) in [5, 5.41) is 10.7. The molecule has 0 radical (unpaired) electrons. The highest BCUT2D eigenvalue weighted by molar-refractivity contribution is 7.17. The lowest BCUT2D eigenvalue weighted by molar-refractivity contribution is -0.380. The van der Waals surface area contributed by atoms with Crippen molar-refractivity contribution in [2.75, 3.05) is 26.2 Å². The number of benzene rings is 1. The van der Waals surface area contributed by atoms with Crippen molar-refractivity contribution in [1.29, 1.82) is 0 Å². The number of thiophene rings is 1. The third-order valence-corrected chi connectivity index (χ3v) is 5.41. The molecule has 29 heavy (non-hydrogen) atoms. The van der Waals surface area contributed by atoms with Crippen molar-refractivity contribution in [3.63, 3.8) is 0 Å². The van der Waals surface area contributed by atoms with Crippen molar-refractivity contribution < 1.29 is 28.0 Å². The number of piperazine rings is 1. The third-order valence-electron chi connectivity index (χ3n) is 4.38. The van der Waals surface area contributed by atoms with E-state index >= 15 is 0 Å². The second-order valence-electron chi connectivity index (χ2n) is 6.27. The summed E-state index contributed by atoms with van der Waals surface area (Å²) in [6.45, 7) is -1.66. The van der Waals surface area contributed by atoms with Gasteiger partial charge in [0.15, 0.2) is 0 Å². The van der Waals surface area contributed by atoms with Gasteiger partial charge in [0.25, 0.3) is 5.91 Å². The Morgan fingerprint density at radius 3 is 2.45 bits per heavy atom. The Morgan fingerprint density at radius 2 is 1.83 bits per heavy atom. The Balaban J connectivity index is 1.54.